The van der Waals surface area contributed by atoms with E-state index in [1.54, 1.807) is 24.3 Å². The van der Waals surface area contributed by atoms with Gasteiger partial charge < -0.3 is 14.5 Å². The molecule has 2 aromatic rings. The first-order valence-electron chi connectivity index (χ1n) is 9.20. The summed E-state index contributed by atoms with van der Waals surface area (Å²) < 4.78 is 33.2. The highest BCUT2D eigenvalue weighted by Gasteiger charge is 2.30. The van der Waals surface area contributed by atoms with Crippen molar-refractivity contribution in [3.8, 4) is 5.75 Å². The topological polar surface area (TPSA) is 109 Å². The number of hydrogen-bond donors (Lipinski definition) is 0. The summed E-state index contributed by atoms with van der Waals surface area (Å²) >= 11 is 0. The predicted octanol–water partition coefficient (Wildman–Crippen LogP) is 1.33. The lowest BCUT2D eigenvalue weighted by Crippen LogP contribution is -2.48. The number of sulfonamides is 1. The zero-order valence-electron chi connectivity index (χ0n) is 15.9. The maximum Gasteiger partial charge on any atom is 0.287 e. The van der Waals surface area contributed by atoms with Crippen LogP contribution in [-0.2, 0) is 10.0 Å². The van der Waals surface area contributed by atoms with E-state index >= 15 is 0 Å². The van der Waals surface area contributed by atoms with Gasteiger partial charge in [0.05, 0.1) is 22.1 Å². The molecule has 0 radical (unpaired) electrons. The molecule has 1 aromatic carbocycles. The van der Waals surface area contributed by atoms with Crippen molar-refractivity contribution in [3.05, 3.63) is 46.6 Å². The first kappa shape index (κ1) is 19.4. The average molecular weight is 419 g/mol. The normalized spacial score (nSPS) is 17.6. The van der Waals surface area contributed by atoms with Crippen LogP contribution in [0.15, 0.2) is 41.4 Å². The minimum Gasteiger partial charge on any atom is -0.490 e. The molecule has 0 atom stereocenters. The van der Waals surface area contributed by atoms with Crippen molar-refractivity contribution in [1.82, 2.24) is 9.29 Å². The number of hydrogen-bond acceptors (Lipinski definition) is 8. The number of anilines is 2. The van der Waals surface area contributed by atoms with Gasteiger partial charge in [0.1, 0.15) is 24.4 Å². The molecule has 29 heavy (non-hydrogen) atoms. The summed E-state index contributed by atoms with van der Waals surface area (Å²) in [5.41, 5.74) is 0.697. The summed E-state index contributed by atoms with van der Waals surface area (Å²) in [6.45, 7) is 2.82. The number of rotatable bonds is 4. The summed E-state index contributed by atoms with van der Waals surface area (Å²) in [4.78, 5) is 18.5. The molecule has 0 bridgehead atoms. The SMILES string of the molecule is CN1CCOc2ccc(S(=O)(=O)N3CCN(c4ccc([N+](=O)[O-])cn4)CC3)cc21. The number of nitro groups is 1. The van der Waals surface area contributed by atoms with E-state index in [-0.39, 0.29) is 10.6 Å². The lowest BCUT2D eigenvalue weighted by atomic mass is 10.2. The highest BCUT2D eigenvalue weighted by Crippen LogP contribution is 2.34. The number of nitrogens with zero attached hydrogens (tertiary/aromatic N) is 5. The molecule has 0 unspecified atom stereocenters. The Kier molecular flexibility index (Phi) is 5.01. The van der Waals surface area contributed by atoms with Gasteiger partial charge >= 0.3 is 0 Å². The Morgan fingerprint density at radius 3 is 2.52 bits per heavy atom. The minimum atomic E-state index is -3.63. The Balaban J connectivity index is 1.47. The summed E-state index contributed by atoms with van der Waals surface area (Å²) in [5.74, 6) is 1.28. The molecular weight excluding hydrogens is 398 g/mol. The van der Waals surface area contributed by atoms with E-state index in [0.29, 0.717) is 50.9 Å². The fourth-order valence-corrected chi connectivity index (χ4v) is 4.91. The number of pyridine rings is 1. The Morgan fingerprint density at radius 1 is 1.10 bits per heavy atom. The average Bonchev–Trinajstić information content (AvgIpc) is 2.74. The lowest BCUT2D eigenvalue weighted by molar-refractivity contribution is -0.385. The zero-order valence-corrected chi connectivity index (χ0v) is 16.7. The van der Waals surface area contributed by atoms with Gasteiger partial charge in [0.25, 0.3) is 5.69 Å². The molecule has 154 valence electrons. The van der Waals surface area contributed by atoms with Gasteiger partial charge in [-0.2, -0.15) is 4.31 Å². The van der Waals surface area contributed by atoms with Gasteiger partial charge in [0.15, 0.2) is 0 Å². The van der Waals surface area contributed by atoms with Gasteiger partial charge in [0.2, 0.25) is 10.0 Å². The Morgan fingerprint density at radius 2 is 1.86 bits per heavy atom. The fourth-order valence-electron chi connectivity index (χ4n) is 3.47. The highest BCUT2D eigenvalue weighted by molar-refractivity contribution is 7.89. The maximum atomic E-state index is 13.1. The molecular formula is C18H21N5O5S. The Bertz CT molecular complexity index is 1020. The number of ether oxygens (including phenoxy) is 1. The summed E-state index contributed by atoms with van der Waals surface area (Å²) in [6, 6.07) is 7.93. The predicted molar refractivity (Wildman–Crippen MR) is 107 cm³/mol. The second-order valence-corrected chi connectivity index (χ2v) is 8.86. The van der Waals surface area contributed by atoms with Crippen LogP contribution in [0.5, 0.6) is 5.75 Å². The van der Waals surface area contributed by atoms with Crippen LogP contribution in [0, 0.1) is 10.1 Å². The van der Waals surface area contributed by atoms with Crippen LogP contribution < -0.4 is 14.5 Å². The van der Waals surface area contributed by atoms with E-state index in [1.807, 2.05) is 16.8 Å². The number of benzene rings is 1. The van der Waals surface area contributed by atoms with E-state index in [1.165, 1.54) is 16.6 Å². The molecule has 11 heteroatoms. The van der Waals surface area contributed by atoms with Gasteiger partial charge in [-0.3, -0.25) is 10.1 Å². The smallest absolute Gasteiger partial charge is 0.287 e. The maximum absolute atomic E-state index is 13.1. The van der Waals surface area contributed by atoms with Crippen LogP contribution in [0.1, 0.15) is 0 Å². The van der Waals surface area contributed by atoms with Crippen LogP contribution >= 0.6 is 0 Å². The monoisotopic (exact) mass is 419 g/mol. The number of piperazine rings is 1. The fraction of sp³-hybridized carbons (Fsp3) is 0.389. The molecule has 0 N–H and O–H groups in total. The summed E-state index contributed by atoms with van der Waals surface area (Å²) in [7, 11) is -1.72. The largest absolute Gasteiger partial charge is 0.490 e. The first-order valence-corrected chi connectivity index (χ1v) is 10.6. The van der Waals surface area contributed by atoms with Gasteiger partial charge in [-0.15, -0.1) is 0 Å². The molecule has 2 aliphatic heterocycles. The number of aromatic nitrogens is 1. The van der Waals surface area contributed by atoms with E-state index < -0.39 is 14.9 Å². The molecule has 0 amide bonds. The zero-order chi connectivity index (χ0) is 20.6. The summed E-state index contributed by atoms with van der Waals surface area (Å²) in [6.07, 6.45) is 1.21. The van der Waals surface area contributed by atoms with Crippen molar-refractivity contribution in [1.29, 1.82) is 0 Å². The standard InChI is InChI=1S/C18H21N5O5S/c1-20-10-11-28-17-4-3-15(12-16(17)20)29(26,27)22-8-6-21(7-9-22)18-5-2-14(13-19-18)23(24)25/h2-5,12-13H,6-11H2,1H3. The lowest BCUT2D eigenvalue weighted by Gasteiger charge is -2.35. The van der Waals surface area contributed by atoms with Crippen LogP contribution in [0.2, 0.25) is 0 Å². The third-order valence-electron chi connectivity index (χ3n) is 5.17. The quantitative estimate of drug-likeness (QED) is 0.539. The molecule has 0 saturated carbocycles. The molecule has 3 heterocycles. The van der Waals surface area contributed by atoms with Crippen molar-refractivity contribution in [3.63, 3.8) is 0 Å². The van der Waals surface area contributed by atoms with Gasteiger partial charge in [-0.05, 0) is 24.3 Å². The van der Waals surface area contributed by atoms with Gasteiger partial charge in [-0.1, -0.05) is 0 Å². The second-order valence-electron chi connectivity index (χ2n) is 6.92. The van der Waals surface area contributed by atoms with Gasteiger partial charge in [-0.25, -0.2) is 13.4 Å². The molecule has 1 aromatic heterocycles. The van der Waals surface area contributed by atoms with Crippen LogP contribution in [0.3, 0.4) is 0 Å². The molecule has 4 rings (SSSR count). The first-order chi connectivity index (χ1) is 13.9. The molecule has 0 aliphatic carbocycles. The molecule has 1 saturated heterocycles. The van der Waals surface area contributed by atoms with E-state index in [9.17, 15) is 18.5 Å². The third-order valence-corrected chi connectivity index (χ3v) is 7.06. The van der Waals surface area contributed by atoms with E-state index in [0.717, 1.165) is 5.69 Å². The van der Waals surface area contributed by atoms with Crippen molar-refractivity contribution >= 4 is 27.2 Å². The van der Waals surface area contributed by atoms with E-state index in [4.69, 9.17) is 4.74 Å². The Labute approximate surface area is 168 Å². The van der Waals surface area contributed by atoms with E-state index in [2.05, 4.69) is 4.98 Å². The third kappa shape index (κ3) is 3.70. The molecule has 1 fully saturated rings. The summed E-state index contributed by atoms with van der Waals surface area (Å²) in [5, 5.41) is 10.8. The van der Waals surface area contributed by atoms with Crippen molar-refractivity contribution in [2.24, 2.45) is 0 Å². The van der Waals surface area contributed by atoms with Gasteiger partial charge in [0, 0.05) is 39.3 Å². The molecule has 2 aliphatic rings. The van der Waals surface area contributed by atoms with Crippen LogP contribution in [-0.4, -0.2) is 69.0 Å². The number of likely N-dealkylation sites (N-methyl/N-ethyl adjacent to an activating group) is 1. The van der Waals surface area contributed by atoms with Crippen molar-refractivity contribution in [2.45, 2.75) is 4.90 Å². The van der Waals surface area contributed by atoms with Crippen LogP contribution in [0.25, 0.3) is 0 Å². The van der Waals surface area contributed by atoms with Crippen molar-refractivity contribution in [2.75, 3.05) is 56.2 Å². The van der Waals surface area contributed by atoms with Crippen LogP contribution in [0.4, 0.5) is 17.2 Å². The highest BCUT2D eigenvalue weighted by atomic mass is 32.2. The van der Waals surface area contributed by atoms with Crippen molar-refractivity contribution < 1.29 is 18.1 Å². The molecule has 10 nitrogen and oxygen atoms in total. The molecule has 0 spiro atoms. The number of fused-ring (bicyclic) bond motifs is 1. The minimum absolute atomic E-state index is 0.0729. The Hall–Kier alpha value is -2.92. The second kappa shape index (κ2) is 7.48.